The van der Waals surface area contributed by atoms with Crippen molar-refractivity contribution in [2.45, 2.75) is 25.5 Å². The second kappa shape index (κ2) is 9.28. The number of nitrogens with one attached hydrogen (secondary N) is 3. The van der Waals surface area contributed by atoms with E-state index in [1.807, 2.05) is 12.3 Å². The number of hydrogen-bond acceptors (Lipinski definition) is 4. The van der Waals surface area contributed by atoms with E-state index in [4.69, 9.17) is 10.1 Å². The summed E-state index contributed by atoms with van der Waals surface area (Å²) >= 11 is 0. The lowest BCUT2D eigenvalue weighted by atomic mass is 10.1. The van der Waals surface area contributed by atoms with Gasteiger partial charge in [0.2, 0.25) is 0 Å². The molecular weight excluding hydrogens is 348 g/mol. The lowest BCUT2D eigenvalue weighted by Crippen LogP contribution is -2.37. The second-order valence-electron chi connectivity index (χ2n) is 6.45. The van der Waals surface area contributed by atoms with E-state index in [9.17, 15) is 8.78 Å². The fourth-order valence-electron chi connectivity index (χ4n) is 3.00. The first-order valence-electron chi connectivity index (χ1n) is 9.01. The molecular formula is C21H23F2N3O. The Morgan fingerprint density at radius 3 is 2.56 bits per heavy atom. The standard InChI is InChI=1S/C21H23F2N3O/c22-20-5-2-6-21(23)19(20)14-27-18-4-1-3-15(11-18)16(12-24)13-26-17-7-9-25-10-8-17/h1-6,11-13,17,24-26H,7-10,14H2/b16-13+,24-12?. The van der Waals surface area contributed by atoms with Crippen LogP contribution in [0.25, 0.3) is 5.57 Å². The molecule has 3 rings (SSSR count). The molecule has 1 saturated heterocycles. The highest BCUT2D eigenvalue weighted by Crippen LogP contribution is 2.21. The number of rotatable bonds is 7. The topological polar surface area (TPSA) is 57.1 Å². The van der Waals surface area contributed by atoms with Crippen molar-refractivity contribution in [3.05, 3.63) is 71.4 Å². The molecule has 0 aromatic heterocycles. The van der Waals surface area contributed by atoms with Gasteiger partial charge in [-0.15, -0.1) is 0 Å². The van der Waals surface area contributed by atoms with Crippen LogP contribution in [0.2, 0.25) is 0 Å². The number of benzene rings is 2. The van der Waals surface area contributed by atoms with E-state index in [-0.39, 0.29) is 12.2 Å². The SMILES string of the molecule is N=C/C(=C\NC1CCNCC1)c1cccc(OCc2c(F)cccc2F)c1. The summed E-state index contributed by atoms with van der Waals surface area (Å²) in [7, 11) is 0. The number of hydrogen-bond donors (Lipinski definition) is 3. The van der Waals surface area contributed by atoms with Crippen molar-refractivity contribution in [1.29, 1.82) is 5.41 Å². The van der Waals surface area contributed by atoms with Crippen molar-refractivity contribution < 1.29 is 13.5 Å². The normalized spacial score (nSPS) is 15.4. The molecule has 1 heterocycles. The Hall–Kier alpha value is -2.73. The Balaban J connectivity index is 1.68. The van der Waals surface area contributed by atoms with Crippen LogP contribution in [0.3, 0.4) is 0 Å². The predicted molar refractivity (Wildman–Crippen MR) is 103 cm³/mol. The van der Waals surface area contributed by atoms with Crippen molar-refractivity contribution in [3.63, 3.8) is 0 Å². The maximum absolute atomic E-state index is 13.7. The Bertz CT molecular complexity index is 797. The minimum absolute atomic E-state index is 0.0988. The van der Waals surface area contributed by atoms with E-state index < -0.39 is 11.6 Å². The van der Waals surface area contributed by atoms with E-state index >= 15 is 0 Å². The van der Waals surface area contributed by atoms with E-state index in [2.05, 4.69) is 10.6 Å². The maximum Gasteiger partial charge on any atom is 0.132 e. The molecule has 3 N–H and O–H groups in total. The monoisotopic (exact) mass is 371 g/mol. The van der Waals surface area contributed by atoms with Gasteiger partial charge < -0.3 is 20.8 Å². The molecule has 27 heavy (non-hydrogen) atoms. The molecule has 2 aromatic carbocycles. The van der Waals surface area contributed by atoms with Crippen molar-refractivity contribution >= 4 is 11.8 Å². The second-order valence-corrected chi connectivity index (χ2v) is 6.45. The largest absolute Gasteiger partial charge is 0.489 e. The average Bonchev–Trinajstić information content (AvgIpc) is 2.69. The molecule has 0 atom stereocenters. The third-order valence-corrected chi connectivity index (χ3v) is 4.58. The van der Waals surface area contributed by atoms with Crippen LogP contribution in [0.1, 0.15) is 24.0 Å². The van der Waals surface area contributed by atoms with Crippen LogP contribution in [-0.4, -0.2) is 25.3 Å². The molecule has 0 aliphatic carbocycles. The third kappa shape index (κ3) is 5.14. The molecule has 2 aromatic rings. The minimum Gasteiger partial charge on any atom is -0.489 e. The smallest absolute Gasteiger partial charge is 0.132 e. The number of ether oxygens (including phenoxy) is 1. The van der Waals surface area contributed by atoms with E-state index in [0.717, 1.165) is 37.1 Å². The molecule has 142 valence electrons. The maximum atomic E-state index is 13.7. The van der Waals surface area contributed by atoms with Gasteiger partial charge in [0.1, 0.15) is 24.0 Å². The van der Waals surface area contributed by atoms with Crippen LogP contribution in [-0.2, 0) is 6.61 Å². The van der Waals surface area contributed by atoms with Gasteiger partial charge in [0.25, 0.3) is 0 Å². The molecule has 0 bridgehead atoms. The van der Waals surface area contributed by atoms with Crippen molar-refractivity contribution in [2.75, 3.05) is 13.1 Å². The predicted octanol–water partition coefficient (Wildman–Crippen LogP) is 3.88. The lowest BCUT2D eigenvalue weighted by molar-refractivity contribution is 0.292. The van der Waals surface area contributed by atoms with Gasteiger partial charge >= 0.3 is 0 Å². The molecule has 6 heteroatoms. The van der Waals surface area contributed by atoms with E-state index in [1.54, 1.807) is 18.2 Å². The van der Waals surface area contributed by atoms with Crippen LogP contribution >= 0.6 is 0 Å². The van der Waals surface area contributed by atoms with Gasteiger partial charge in [-0.3, -0.25) is 0 Å². The van der Waals surface area contributed by atoms with Gasteiger partial charge in [0, 0.05) is 24.0 Å². The molecule has 0 spiro atoms. The van der Waals surface area contributed by atoms with Crippen LogP contribution in [0, 0.1) is 17.0 Å². The van der Waals surface area contributed by atoms with E-state index in [1.165, 1.54) is 24.4 Å². The zero-order valence-electron chi connectivity index (χ0n) is 15.0. The summed E-state index contributed by atoms with van der Waals surface area (Å²) in [4.78, 5) is 0. The lowest BCUT2D eigenvalue weighted by Gasteiger charge is -2.23. The Kier molecular flexibility index (Phi) is 6.54. The molecule has 1 aliphatic heterocycles. The highest BCUT2D eigenvalue weighted by atomic mass is 19.1. The summed E-state index contributed by atoms with van der Waals surface area (Å²) < 4.78 is 33.0. The summed E-state index contributed by atoms with van der Waals surface area (Å²) in [5.41, 5.74) is 1.42. The summed E-state index contributed by atoms with van der Waals surface area (Å²) in [6.45, 7) is 1.78. The van der Waals surface area contributed by atoms with Gasteiger partial charge in [-0.2, -0.15) is 0 Å². The first kappa shape index (κ1) is 19.0. The van der Waals surface area contributed by atoms with Crippen molar-refractivity contribution in [1.82, 2.24) is 10.6 Å². The summed E-state index contributed by atoms with van der Waals surface area (Å²) in [6, 6.07) is 11.3. The fraction of sp³-hybridized carbons (Fsp3) is 0.286. The summed E-state index contributed by atoms with van der Waals surface area (Å²) in [6.07, 6.45) is 5.21. The van der Waals surface area contributed by atoms with Crippen LogP contribution in [0.4, 0.5) is 8.78 Å². The number of piperidine rings is 1. The highest BCUT2D eigenvalue weighted by molar-refractivity contribution is 6.08. The van der Waals surface area contributed by atoms with Crippen molar-refractivity contribution in [2.24, 2.45) is 0 Å². The summed E-state index contributed by atoms with van der Waals surface area (Å²) in [5.74, 6) is -0.764. The van der Waals surface area contributed by atoms with Gasteiger partial charge in [-0.1, -0.05) is 18.2 Å². The minimum atomic E-state index is -0.627. The Morgan fingerprint density at radius 2 is 1.85 bits per heavy atom. The molecule has 0 amide bonds. The first-order valence-corrected chi connectivity index (χ1v) is 9.01. The summed E-state index contributed by atoms with van der Waals surface area (Å²) in [5, 5.41) is 14.4. The molecule has 0 saturated carbocycles. The number of allylic oxidation sites excluding steroid dienone is 1. The third-order valence-electron chi connectivity index (χ3n) is 4.58. The van der Waals surface area contributed by atoms with E-state index in [0.29, 0.717) is 11.8 Å². The highest BCUT2D eigenvalue weighted by Gasteiger charge is 2.12. The fourth-order valence-corrected chi connectivity index (χ4v) is 3.00. The Labute approximate surface area is 157 Å². The average molecular weight is 371 g/mol. The number of halogens is 2. The van der Waals surface area contributed by atoms with Crippen LogP contribution in [0.15, 0.2) is 48.7 Å². The Morgan fingerprint density at radius 1 is 1.15 bits per heavy atom. The molecule has 1 aliphatic rings. The molecule has 0 unspecified atom stereocenters. The van der Waals surface area contributed by atoms with Crippen LogP contribution in [0.5, 0.6) is 5.75 Å². The quantitative estimate of drug-likeness (QED) is 0.648. The van der Waals surface area contributed by atoms with Gasteiger partial charge in [0.15, 0.2) is 0 Å². The molecule has 0 radical (unpaired) electrons. The van der Waals surface area contributed by atoms with Gasteiger partial charge in [0.05, 0.1) is 5.56 Å². The van der Waals surface area contributed by atoms with Crippen molar-refractivity contribution in [3.8, 4) is 5.75 Å². The zero-order chi connectivity index (χ0) is 19.1. The first-order chi connectivity index (χ1) is 13.2. The van der Waals surface area contributed by atoms with Crippen LogP contribution < -0.4 is 15.4 Å². The zero-order valence-corrected chi connectivity index (χ0v) is 15.0. The molecule has 4 nitrogen and oxygen atoms in total. The van der Waals surface area contributed by atoms with Gasteiger partial charge in [-0.25, -0.2) is 8.78 Å². The molecule has 1 fully saturated rings. The van der Waals surface area contributed by atoms with Gasteiger partial charge in [-0.05, 0) is 55.8 Å².